The molecule has 4 aromatic carbocycles. The summed E-state index contributed by atoms with van der Waals surface area (Å²) in [4.78, 5) is 4.81. The topological polar surface area (TPSA) is 112 Å². The van der Waals surface area contributed by atoms with Crippen LogP contribution in [0.15, 0.2) is 108 Å². The van der Waals surface area contributed by atoms with Crippen molar-refractivity contribution in [2.45, 2.75) is 24.2 Å². The summed E-state index contributed by atoms with van der Waals surface area (Å²) in [5.41, 5.74) is 5.97. The highest BCUT2D eigenvalue weighted by atomic mass is 32.2. The van der Waals surface area contributed by atoms with Crippen LogP contribution in [0, 0.1) is 11.3 Å². The van der Waals surface area contributed by atoms with Crippen molar-refractivity contribution in [1.82, 2.24) is 15.2 Å². The van der Waals surface area contributed by atoms with Gasteiger partial charge in [0.1, 0.15) is 5.69 Å². The van der Waals surface area contributed by atoms with E-state index in [4.69, 9.17) is 0 Å². The zero-order valence-corrected chi connectivity index (χ0v) is 22.7. The number of nitrogens with zero attached hydrogens (tertiary/aromatic N) is 3. The molecule has 8 heteroatoms. The molecule has 7 nitrogen and oxygen atoms in total. The molecule has 0 aliphatic carbocycles. The van der Waals surface area contributed by atoms with Crippen molar-refractivity contribution in [1.29, 1.82) is 5.26 Å². The lowest BCUT2D eigenvalue weighted by Crippen LogP contribution is -2.13. The summed E-state index contributed by atoms with van der Waals surface area (Å²) < 4.78 is 28.4. The molecule has 196 valence electrons. The molecule has 2 heterocycles. The lowest BCUT2D eigenvalue weighted by Gasteiger charge is -2.15. The van der Waals surface area contributed by atoms with Gasteiger partial charge in [-0.15, -0.1) is 0 Å². The molecule has 0 aliphatic heterocycles. The van der Waals surface area contributed by atoms with Gasteiger partial charge in [-0.05, 0) is 66.9 Å². The van der Waals surface area contributed by atoms with E-state index in [1.54, 1.807) is 42.6 Å². The van der Waals surface area contributed by atoms with Crippen LogP contribution in [0.25, 0.3) is 44.2 Å². The first-order valence-electron chi connectivity index (χ1n) is 12.7. The van der Waals surface area contributed by atoms with Crippen LogP contribution in [0.2, 0.25) is 0 Å². The van der Waals surface area contributed by atoms with Crippen molar-refractivity contribution in [3.63, 3.8) is 0 Å². The van der Waals surface area contributed by atoms with Crippen molar-refractivity contribution in [3.8, 4) is 28.5 Å². The average Bonchev–Trinajstić information content (AvgIpc) is 3.42. The van der Waals surface area contributed by atoms with E-state index in [0.717, 1.165) is 49.8 Å². The third-order valence-electron chi connectivity index (χ3n) is 7.05. The molecule has 0 fully saturated rings. The fraction of sp³-hybridized carbons (Fsp3) is 0.0938. The molecule has 40 heavy (non-hydrogen) atoms. The van der Waals surface area contributed by atoms with Gasteiger partial charge in [0.2, 0.25) is 0 Å². The van der Waals surface area contributed by atoms with Crippen LogP contribution in [0.5, 0.6) is 0 Å². The molecule has 6 aromatic rings. The molecule has 2 aromatic heterocycles. The summed E-state index contributed by atoms with van der Waals surface area (Å²) in [6, 6.07) is 31.9. The fourth-order valence-electron chi connectivity index (χ4n) is 4.78. The lowest BCUT2D eigenvalue weighted by molar-refractivity contribution is 0.601. The van der Waals surface area contributed by atoms with Crippen LogP contribution in [0.4, 0.5) is 5.69 Å². The number of hydrogen-bond donors (Lipinski definition) is 2. The number of aromatic amines is 1. The molecule has 0 radical (unpaired) electrons. The van der Waals surface area contributed by atoms with E-state index in [9.17, 15) is 13.7 Å². The molecular weight excluding hydrogens is 518 g/mol. The Balaban J connectivity index is 1.41. The van der Waals surface area contributed by atoms with E-state index in [1.165, 1.54) is 0 Å². The highest BCUT2D eigenvalue weighted by molar-refractivity contribution is 7.92. The number of sulfonamides is 1. The molecule has 0 spiro atoms. The van der Waals surface area contributed by atoms with Crippen molar-refractivity contribution in [2.24, 2.45) is 0 Å². The second-order valence-electron chi connectivity index (χ2n) is 10.2. The smallest absolute Gasteiger partial charge is 0.261 e. The summed E-state index contributed by atoms with van der Waals surface area (Å²) >= 11 is 0. The maximum atomic E-state index is 12.9. The molecule has 0 atom stereocenters. The minimum atomic E-state index is -3.71. The largest absolute Gasteiger partial charge is 0.280 e. The van der Waals surface area contributed by atoms with Gasteiger partial charge in [-0.25, -0.2) is 8.42 Å². The van der Waals surface area contributed by atoms with Crippen molar-refractivity contribution < 1.29 is 8.42 Å². The minimum absolute atomic E-state index is 0.205. The van der Waals surface area contributed by atoms with E-state index in [1.807, 2.05) is 68.4 Å². The van der Waals surface area contributed by atoms with Crippen molar-refractivity contribution in [3.05, 3.63) is 109 Å². The first-order valence-corrected chi connectivity index (χ1v) is 14.2. The Morgan fingerprint density at radius 2 is 1.57 bits per heavy atom. The Morgan fingerprint density at radius 1 is 0.850 bits per heavy atom. The number of benzene rings is 4. The van der Waals surface area contributed by atoms with E-state index < -0.39 is 15.4 Å². The summed E-state index contributed by atoms with van der Waals surface area (Å²) in [6.07, 6.45) is 1.78. The molecule has 0 amide bonds. The Kier molecular flexibility index (Phi) is 6.09. The lowest BCUT2D eigenvalue weighted by atomic mass is 9.86. The molecular formula is C32H25N5O2S. The number of nitrogens with one attached hydrogen (secondary N) is 2. The van der Waals surface area contributed by atoms with Crippen LogP contribution in [0.3, 0.4) is 0 Å². The van der Waals surface area contributed by atoms with Crippen LogP contribution in [-0.4, -0.2) is 23.6 Å². The highest BCUT2D eigenvalue weighted by Gasteiger charge is 2.20. The van der Waals surface area contributed by atoms with E-state index >= 15 is 0 Å². The zero-order chi connectivity index (χ0) is 27.9. The SMILES string of the molecule is CC(C)(C#N)c1ccc(-c2n[nH]c3cnc4ccc(-c5cccc(NS(=O)(=O)c6ccccc6)c5)cc4c23)cc1. The molecule has 0 saturated heterocycles. The van der Waals surface area contributed by atoms with Gasteiger partial charge in [-0.2, -0.15) is 10.4 Å². The monoisotopic (exact) mass is 543 g/mol. The molecule has 6 rings (SSSR count). The maximum Gasteiger partial charge on any atom is 0.261 e. The minimum Gasteiger partial charge on any atom is -0.280 e. The third-order valence-corrected chi connectivity index (χ3v) is 8.45. The zero-order valence-electron chi connectivity index (χ0n) is 21.9. The Bertz CT molecular complexity index is 2020. The molecule has 0 bridgehead atoms. The predicted octanol–water partition coefficient (Wildman–Crippen LogP) is 7.05. The summed E-state index contributed by atoms with van der Waals surface area (Å²) in [7, 11) is -3.71. The van der Waals surface area contributed by atoms with Gasteiger partial charge in [0, 0.05) is 22.0 Å². The first kappa shape index (κ1) is 25.3. The van der Waals surface area contributed by atoms with E-state index in [-0.39, 0.29) is 4.90 Å². The standard InChI is InChI=1S/C32H25N5O2S/c1-32(2,20-33)24-14-11-21(12-15-24)31-30-27-18-23(13-16-28(27)34-19-29(30)35-36-31)22-7-6-8-25(17-22)37-40(38,39)26-9-4-3-5-10-26/h3-19,37H,1-2H3,(H,35,36). The molecule has 0 saturated carbocycles. The molecule has 0 aliphatic rings. The summed E-state index contributed by atoms with van der Waals surface area (Å²) in [5, 5.41) is 19.1. The van der Waals surface area contributed by atoms with Gasteiger partial charge in [0.25, 0.3) is 10.0 Å². The van der Waals surface area contributed by atoms with E-state index in [2.05, 4.69) is 32.0 Å². The number of anilines is 1. The summed E-state index contributed by atoms with van der Waals surface area (Å²) in [5.74, 6) is 0. The van der Waals surface area contributed by atoms with Gasteiger partial charge in [-0.3, -0.25) is 14.8 Å². The fourth-order valence-corrected chi connectivity index (χ4v) is 5.85. The van der Waals surface area contributed by atoms with Crippen LogP contribution in [0.1, 0.15) is 19.4 Å². The molecule has 0 unspecified atom stereocenters. The van der Waals surface area contributed by atoms with Gasteiger partial charge >= 0.3 is 0 Å². The number of fused-ring (bicyclic) bond motifs is 3. The number of aromatic nitrogens is 3. The number of pyridine rings is 1. The number of rotatable bonds is 6. The van der Waals surface area contributed by atoms with Gasteiger partial charge in [-0.1, -0.05) is 60.7 Å². The maximum absolute atomic E-state index is 12.9. The summed E-state index contributed by atoms with van der Waals surface area (Å²) in [6.45, 7) is 3.79. The molecule has 2 N–H and O–H groups in total. The number of hydrogen-bond acceptors (Lipinski definition) is 5. The van der Waals surface area contributed by atoms with Crippen LogP contribution in [-0.2, 0) is 15.4 Å². The second kappa shape index (κ2) is 9.63. The number of nitriles is 1. The highest BCUT2D eigenvalue weighted by Crippen LogP contribution is 2.35. The Morgan fingerprint density at radius 3 is 2.33 bits per heavy atom. The van der Waals surface area contributed by atoms with Crippen LogP contribution < -0.4 is 4.72 Å². The van der Waals surface area contributed by atoms with Gasteiger partial charge in [0.05, 0.1) is 33.6 Å². The Hall–Kier alpha value is -5.00. The van der Waals surface area contributed by atoms with Gasteiger partial charge in [0.15, 0.2) is 0 Å². The van der Waals surface area contributed by atoms with Crippen LogP contribution >= 0.6 is 0 Å². The van der Waals surface area contributed by atoms with Crippen molar-refractivity contribution in [2.75, 3.05) is 4.72 Å². The Labute approximate surface area is 232 Å². The first-order chi connectivity index (χ1) is 19.2. The second-order valence-corrected chi connectivity index (χ2v) is 11.8. The number of H-pyrrole nitrogens is 1. The van der Waals surface area contributed by atoms with Crippen molar-refractivity contribution >= 4 is 37.5 Å². The van der Waals surface area contributed by atoms with E-state index in [0.29, 0.717) is 5.69 Å². The predicted molar refractivity (Wildman–Crippen MR) is 158 cm³/mol. The average molecular weight is 544 g/mol. The third kappa shape index (κ3) is 4.57. The normalized spacial score (nSPS) is 11.9. The van der Waals surface area contributed by atoms with Gasteiger partial charge < -0.3 is 0 Å². The quantitative estimate of drug-likeness (QED) is 0.234.